The van der Waals surface area contributed by atoms with Gasteiger partial charge in [-0.3, -0.25) is 4.79 Å². The summed E-state index contributed by atoms with van der Waals surface area (Å²) in [5.74, 6) is -0.230. The maximum atomic E-state index is 12.8. The van der Waals surface area contributed by atoms with E-state index in [1.165, 1.54) is 0 Å². The summed E-state index contributed by atoms with van der Waals surface area (Å²) in [6.45, 7) is 3.89. The van der Waals surface area contributed by atoms with E-state index in [-0.39, 0.29) is 11.4 Å². The van der Waals surface area contributed by atoms with Crippen molar-refractivity contribution in [3.05, 3.63) is 82.3 Å². The molecule has 1 aromatic heterocycles. The number of rotatable bonds is 3. The molecule has 3 aromatic rings. The number of nitrogens with one attached hydrogen (secondary N) is 1. The smallest absolute Gasteiger partial charge is 0.333 e. The Hall–Kier alpha value is -3.51. The summed E-state index contributed by atoms with van der Waals surface area (Å²) >= 11 is 5.89. The van der Waals surface area contributed by atoms with Crippen LogP contribution in [0.15, 0.2) is 60.3 Å². The first-order valence-electron chi connectivity index (χ1n) is 8.96. The van der Waals surface area contributed by atoms with Gasteiger partial charge in [0, 0.05) is 22.1 Å². The molecular formula is C22H18ClN3O3. The SMILES string of the molecule is Cc1cc(/C=C2/NC(=O)N(c3ccc(Cl)cc3)C2=O)c(C)n1-c1ccc(O)cc1. The third-order valence-electron chi connectivity index (χ3n) is 4.84. The Bertz CT molecular complexity index is 1150. The molecule has 2 heterocycles. The Morgan fingerprint density at radius 3 is 2.24 bits per heavy atom. The number of imide groups is 1. The van der Waals surface area contributed by atoms with Crippen LogP contribution in [-0.2, 0) is 4.79 Å². The fourth-order valence-corrected chi connectivity index (χ4v) is 3.57. The molecule has 1 saturated heterocycles. The number of aryl methyl sites for hydroxylation is 1. The summed E-state index contributed by atoms with van der Waals surface area (Å²) < 4.78 is 2.02. The van der Waals surface area contributed by atoms with Crippen LogP contribution in [0.1, 0.15) is 17.0 Å². The van der Waals surface area contributed by atoms with Crippen molar-refractivity contribution in [1.29, 1.82) is 0 Å². The van der Waals surface area contributed by atoms with Crippen LogP contribution in [0.4, 0.5) is 10.5 Å². The van der Waals surface area contributed by atoms with Gasteiger partial charge < -0.3 is 15.0 Å². The number of phenols is 1. The molecule has 4 rings (SSSR count). The van der Waals surface area contributed by atoms with E-state index < -0.39 is 11.9 Å². The quantitative estimate of drug-likeness (QED) is 0.494. The number of benzene rings is 2. The molecule has 0 radical (unpaired) electrons. The second kappa shape index (κ2) is 7.14. The summed E-state index contributed by atoms with van der Waals surface area (Å²) in [5, 5.41) is 12.7. The Morgan fingerprint density at radius 1 is 0.966 bits per heavy atom. The van der Waals surface area contributed by atoms with Gasteiger partial charge in [0.25, 0.3) is 5.91 Å². The summed E-state index contributed by atoms with van der Waals surface area (Å²) in [6, 6.07) is 14.8. The standard InChI is InChI=1S/C22H18ClN3O3/c1-13-11-15(14(2)25(13)17-7-9-19(27)10-8-17)12-20-21(28)26(22(29)24-20)18-5-3-16(23)4-6-18/h3-12,27H,1-2H3,(H,24,29)/b20-12+. The van der Waals surface area contributed by atoms with Gasteiger partial charge in [0.2, 0.25) is 0 Å². The second-order valence-electron chi connectivity index (χ2n) is 6.78. The highest BCUT2D eigenvalue weighted by Gasteiger charge is 2.35. The molecule has 6 nitrogen and oxygen atoms in total. The van der Waals surface area contributed by atoms with Crippen molar-refractivity contribution in [2.24, 2.45) is 0 Å². The number of nitrogens with zero attached hydrogens (tertiary/aromatic N) is 2. The first-order chi connectivity index (χ1) is 13.8. The van der Waals surface area contributed by atoms with E-state index in [2.05, 4.69) is 5.32 Å². The number of aromatic nitrogens is 1. The van der Waals surface area contributed by atoms with Crippen LogP contribution in [0.5, 0.6) is 5.75 Å². The van der Waals surface area contributed by atoms with Crippen LogP contribution in [0.3, 0.4) is 0 Å². The number of carbonyl (C=O) groups is 2. The highest BCUT2D eigenvalue weighted by Crippen LogP contribution is 2.27. The van der Waals surface area contributed by atoms with E-state index in [1.54, 1.807) is 42.5 Å². The molecule has 1 aliphatic rings. The summed E-state index contributed by atoms with van der Waals surface area (Å²) in [4.78, 5) is 26.3. The number of amides is 3. The van der Waals surface area contributed by atoms with Crippen molar-refractivity contribution < 1.29 is 14.7 Å². The molecular weight excluding hydrogens is 390 g/mol. The number of anilines is 1. The molecule has 0 saturated carbocycles. The Kier molecular flexibility index (Phi) is 4.64. The van der Waals surface area contributed by atoms with Crippen molar-refractivity contribution in [2.45, 2.75) is 13.8 Å². The summed E-state index contributed by atoms with van der Waals surface area (Å²) in [6.07, 6.45) is 1.68. The topological polar surface area (TPSA) is 74.6 Å². The molecule has 0 unspecified atom stereocenters. The molecule has 7 heteroatoms. The third kappa shape index (κ3) is 3.39. The summed E-state index contributed by atoms with van der Waals surface area (Å²) in [5.41, 5.74) is 4.24. The van der Waals surface area contributed by atoms with E-state index in [1.807, 2.05) is 36.6 Å². The molecule has 146 valence electrons. The number of aromatic hydroxyl groups is 1. The normalized spacial score (nSPS) is 15.3. The van der Waals surface area contributed by atoms with Crippen LogP contribution in [0, 0.1) is 13.8 Å². The van der Waals surface area contributed by atoms with E-state index in [4.69, 9.17) is 11.6 Å². The number of urea groups is 1. The monoisotopic (exact) mass is 407 g/mol. The predicted molar refractivity (Wildman–Crippen MR) is 112 cm³/mol. The number of hydrogen-bond donors (Lipinski definition) is 2. The molecule has 1 aliphatic heterocycles. The van der Waals surface area contributed by atoms with Crippen molar-refractivity contribution in [3.8, 4) is 11.4 Å². The van der Waals surface area contributed by atoms with Crippen LogP contribution in [0.25, 0.3) is 11.8 Å². The van der Waals surface area contributed by atoms with Gasteiger partial charge in [-0.05, 0) is 80.1 Å². The fraction of sp³-hybridized carbons (Fsp3) is 0.0909. The minimum atomic E-state index is -0.504. The number of halogens is 1. The Morgan fingerprint density at radius 2 is 1.59 bits per heavy atom. The molecule has 1 fully saturated rings. The van der Waals surface area contributed by atoms with E-state index >= 15 is 0 Å². The zero-order valence-electron chi connectivity index (χ0n) is 15.8. The lowest BCUT2D eigenvalue weighted by atomic mass is 10.2. The number of phenolic OH excluding ortho intramolecular Hbond substituents is 1. The molecule has 0 bridgehead atoms. The van der Waals surface area contributed by atoms with Crippen LogP contribution < -0.4 is 10.2 Å². The first-order valence-corrected chi connectivity index (χ1v) is 9.34. The molecule has 2 N–H and O–H groups in total. The highest BCUT2D eigenvalue weighted by molar-refractivity contribution is 6.31. The van der Waals surface area contributed by atoms with Gasteiger partial charge in [-0.25, -0.2) is 9.69 Å². The van der Waals surface area contributed by atoms with Crippen molar-refractivity contribution in [1.82, 2.24) is 9.88 Å². The zero-order valence-corrected chi connectivity index (χ0v) is 16.6. The zero-order chi connectivity index (χ0) is 20.7. The van der Waals surface area contributed by atoms with Gasteiger partial charge >= 0.3 is 6.03 Å². The maximum Gasteiger partial charge on any atom is 0.333 e. The van der Waals surface area contributed by atoms with Crippen molar-refractivity contribution in [3.63, 3.8) is 0 Å². The Balaban J connectivity index is 1.69. The lowest BCUT2D eigenvalue weighted by Gasteiger charge is -2.11. The average Bonchev–Trinajstić information content (AvgIpc) is 3.12. The van der Waals surface area contributed by atoms with E-state index in [9.17, 15) is 14.7 Å². The maximum absolute atomic E-state index is 12.8. The van der Waals surface area contributed by atoms with E-state index in [0.717, 1.165) is 27.5 Å². The minimum Gasteiger partial charge on any atom is -0.508 e. The van der Waals surface area contributed by atoms with Crippen LogP contribution in [-0.4, -0.2) is 21.6 Å². The van der Waals surface area contributed by atoms with Crippen LogP contribution >= 0.6 is 11.6 Å². The molecule has 0 spiro atoms. The molecule has 0 atom stereocenters. The predicted octanol–water partition coefficient (Wildman–Crippen LogP) is 4.55. The lowest BCUT2D eigenvalue weighted by molar-refractivity contribution is -0.113. The van der Waals surface area contributed by atoms with Crippen molar-refractivity contribution in [2.75, 3.05) is 4.90 Å². The van der Waals surface area contributed by atoms with Gasteiger partial charge in [0.05, 0.1) is 5.69 Å². The summed E-state index contributed by atoms with van der Waals surface area (Å²) in [7, 11) is 0. The van der Waals surface area contributed by atoms with Gasteiger partial charge in [0.1, 0.15) is 11.4 Å². The average molecular weight is 408 g/mol. The van der Waals surface area contributed by atoms with E-state index in [0.29, 0.717) is 10.7 Å². The largest absolute Gasteiger partial charge is 0.508 e. The third-order valence-corrected chi connectivity index (χ3v) is 5.09. The van der Waals surface area contributed by atoms with Crippen molar-refractivity contribution >= 4 is 35.3 Å². The molecule has 29 heavy (non-hydrogen) atoms. The molecule has 2 aromatic carbocycles. The first kappa shape index (κ1) is 18.8. The van der Waals surface area contributed by atoms with Gasteiger partial charge in [0.15, 0.2) is 0 Å². The molecule has 3 amide bonds. The lowest BCUT2D eigenvalue weighted by Crippen LogP contribution is -2.30. The van der Waals surface area contributed by atoms with Gasteiger partial charge in [-0.15, -0.1) is 0 Å². The Labute approximate surface area is 172 Å². The minimum absolute atomic E-state index is 0.195. The van der Waals surface area contributed by atoms with Gasteiger partial charge in [-0.1, -0.05) is 11.6 Å². The number of carbonyl (C=O) groups excluding carboxylic acids is 2. The number of hydrogen-bond acceptors (Lipinski definition) is 3. The van der Waals surface area contributed by atoms with Crippen LogP contribution in [0.2, 0.25) is 5.02 Å². The van der Waals surface area contributed by atoms with Gasteiger partial charge in [-0.2, -0.15) is 0 Å². The molecule has 0 aliphatic carbocycles. The highest BCUT2D eigenvalue weighted by atomic mass is 35.5. The fourth-order valence-electron chi connectivity index (χ4n) is 3.45. The second-order valence-corrected chi connectivity index (χ2v) is 7.22.